The lowest BCUT2D eigenvalue weighted by molar-refractivity contribution is -0.144. The zero-order valence-electron chi connectivity index (χ0n) is 13.7. The number of hydroxylamine groups is 1. The molecule has 0 aliphatic rings. The summed E-state index contributed by atoms with van der Waals surface area (Å²) in [5.74, 6) is -4.87. The van der Waals surface area contributed by atoms with Crippen LogP contribution in [0.25, 0.3) is 0 Å². The number of amides is 1. The number of carboxylic acid groups (broad SMARTS) is 1. The summed E-state index contributed by atoms with van der Waals surface area (Å²) in [7, 11) is 1.70. The van der Waals surface area contributed by atoms with Crippen molar-refractivity contribution in [1.29, 1.82) is 0 Å². The van der Waals surface area contributed by atoms with Crippen LogP contribution in [0.5, 0.6) is 0 Å². The van der Waals surface area contributed by atoms with Gasteiger partial charge in [0.05, 0.1) is 16.3 Å². The molecule has 0 aliphatic carbocycles. The fourth-order valence-corrected chi connectivity index (χ4v) is 2.27. The number of rotatable bonds is 6. The number of aryl methyl sites for hydroxylation is 1. The van der Waals surface area contributed by atoms with Gasteiger partial charge in [0, 0.05) is 6.20 Å². The summed E-state index contributed by atoms with van der Waals surface area (Å²) >= 11 is 5.60. The number of nitrogens with one attached hydrogen (secondary N) is 2. The second-order valence-electron chi connectivity index (χ2n) is 5.33. The van der Waals surface area contributed by atoms with Crippen molar-refractivity contribution in [2.45, 2.75) is 6.92 Å². The zero-order valence-corrected chi connectivity index (χ0v) is 14.4. The van der Waals surface area contributed by atoms with Crippen molar-refractivity contribution in [2.24, 2.45) is 0 Å². The number of hydrogen-bond acceptors (Lipinski definition) is 5. The first-order valence-corrected chi connectivity index (χ1v) is 7.60. The van der Waals surface area contributed by atoms with Gasteiger partial charge in [-0.25, -0.2) is 24.0 Å². The van der Waals surface area contributed by atoms with Crippen molar-refractivity contribution in [2.75, 3.05) is 11.9 Å². The summed E-state index contributed by atoms with van der Waals surface area (Å²) in [5, 5.41) is 10.4. The molecule has 7 nitrogen and oxygen atoms in total. The Morgan fingerprint density at radius 1 is 1.35 bits per heavy atom. The van der Waals surface area contributed by atoms with Crippen molar-refractivity contribution in [1.82, 2.24) is 10.5 Å². The van der Waals surface area contributed by atoms with Crippen LogP contribution in [0, 0.1) is 18.6 Å². The molecule has 3 N–H and O–H groups in total. The van der Waals surface area contributed by atoms with Gasteiger partial charge in [0.25, 0.3) is 5.91 Å². The van der Waals surface area contributed by atoms with Gasteiger partial charge < -0.3 is 10.4 Å². The number of aromatic nitrogens is 1. The minimum absolute atomic E-state index is 0.205. The summed E-state index contributed by atoms with van der Waals surface area (Å²) in [6.45, 7) is 0.996. The predicted octanol–water partition coefficient (Wildman–Crippen LogP) is 1.07. The average Bonchev–Trinajstić information content (AvgIpc) is 2.56. The molecule has 0 aliphatic heterocycles. The maximum absolute atomic E-state index is 14.4. The normalized spacial score (nSPS) is 10.5. The predicted molar refractivity (Wildman–Crippen MR) is 92.9 cm³/mol. The van der Waals surface area contributed by atoms with Gasteiger partial charge in [0.2, 0.25) is 0 Å². The Balaban J connectivity index is 2.41. The van der Waals surface area contributed by atoms with Gasteiger partial charge in [-0.05, 0) is 24.0 Å². The highest BCUT2D eigenvalue weighted by Gasteiger charge is 2.23. The van der Waals surface area contributed by atoms with Crippen molar-refractivity contribution in [3.05, 3.63) is 46.1 Å². The number of pyridine rings is 1. The van der Waals surface area contributed by atoms with Crippen LogP contribution >= 0.6 is 11.6 Å². The molecule has 1 aromatic carbocycles. The van der Waals surface area contributed by atoms with Gasteiger partial charge in [-0.2, -0.15) is 0 Å². The Hall–Kier alpha value is -2.72. The molecule has 0 bridgehead atoms. The van der Waals surface area contributed by atoms with Crippen LogP contribution in [0.1, 0.15) is 15.9 Å². The summed E-state index contributed by atoms with van der Waals surface area (Å²) in [4.78, 5) is 31.1. The van der Waals surface area contributed by atoms with Crippen LogP contribution in [0.4, 0.5) is 20.3 Å². The third-order valence-corrected chi connectivity index (χ3v) is 3.50. The third-order valence-electron chi connectivity index (χ3n) is 3.23. The van der Waals surface area contributed by atoms with E-state index in [1.807, 2.05) is 12.4 Å². The molecule has 0 spiro atoms. The van der Waals surface area contributed by atoms with Crippen LogP contribution in [0.3, 0.4) is 0 Å². The van der Waals surface area contributed by atoms with Crippen molar-refractivity contribution < 1.29 is 28.3 Å². The Morgan fingerprint density at radius 3 is 2.65 bits per heavy atom. The molecule has 0 atom stereocenters. The van der Waals surface area contributed by atoms with Crippen molar-refractivity contribution in [3.8, 4) is 0 Å². The average molecular weight is 384 g/mol. The highest BCUT2D eigenvalue weighted by molar-refractivity contribution is 6.35. The summed E-state index contributed by atoms with van der Waals surface area (Å²) in [6, 6.07) is 2.65. The quantitative estimate of drug-likeness (QED) is 0.392. The lowest BCUT2D eigenvalue weighted by Crippen LogP contribution is -2.28. The molecule has 0 fully saturated rings. The van der Waals surface area contributed by atoms with E-state index in [2.05, 4.69) is 15.1 Å². The van der Waals surface area contributed by atoms with Crippen molar-refractivity contribution in [3.63, 3.8) is 0 Å². The lowest BCUT2D eigenvalue weighted by Gasteiger charge is -2.15. The number of halogens is 3. The number of hydrogen-bond donors (Lipinski definition) is 3. The van der Waals surface area contributed by atoms with E-state index in [9.17, 15) is 18.4 Å². The second kappa shape index (κ2) is 8.11. The molecule has 2 rings (SSSR count). The van der Waals surface area contributed by atoms with Crippen LogP contribution in [-0.2, 0) is 9.63 Å². The molecule has 0 saturated carbocycles. The maximum atomic E-state index is 14.4. The highest BCUT2D eigenvalue weighted by atomic mass is 35.5. The number of carbonyl (C=O) groups is 2. The van der Waals surface area contributed by atoms with E-state index in [1.54, 1.807) is 13.9 Å². The molecule has 1 aromatic heterocycles. The highest BCUT2D eigenvalue weighted by Crippen LogP contribution is 2.30. The first-order chi connectivity index (χ1) is 12.2. The largest absolute Gasteiger partial charge is 0.479 e. The van der Waals surface area contributed by atoms with Gasteiger partial charge in [0.15, 0.2) is 18.2 Å². The monoisotopic (exact) mass is 383 g/mol. The van der Waals surface area contributed by atoms with Gasteiger partial charge in [0.1, 0.15) is 13.7 Å². The minimum atomic E-state index is -1.39. The van der Waals surface area contributed by atoms with E-state index in [4.69, 9.17) is 16.7 Å². The van der Waals surface area contributed by atoms with Crippen LogP contribution in [-0.4, -0.2) is 36.4 Å². The van der Waals surface area contributed by atoms with E-state index >= 15 is 0 Å². The maximum Gasteiger partial charge on any atom is 0.332 e. The third kappa shape index (κ3) is 4.47. The van der Waals surface area contributed by atoms with Gasteiger partial charge in [-0.3, -0.25) is 9.63 Å². The Morgan fingerprint density at radius 2 is 2.04 bits per heavy atom. The topological polar surface area (TPSA) is 101 Å². The van der Waals surface area contributed by atoms with E-state index in [1.165, 1.54) is 6.20 Å². The molecule has 136 valence electrons. The number of carbonyl (C=O) groups excluding carboxylic acids is 1. The molecule has 0 unspecified atom stereocenters. The number of benzene rings is 1. The summed E-state index contributed by atoms with van der Waals surface area (Å²) in [5.41, 5.74) is 2.42. The smallest absolute Gasteiger partial charge is 0.332 e. The number of nitrogens with zero attached hydrogens (tertiary/aromatic N) is 1. The van der Waals surface area contributed by atoms with Crippen LogP contribution in [0.15, 0.2) is 18.3 Å². The molecule has 11 heteroatoms. The minimum Gasteiger partial charge on any atom is -0.479 e. The van der Waals surface area contributed by atoms with Crippen LogP contribution < -0.4 is 16.3 Å². The fraction of sp³-hybridized carbons (Fsp3) is 0.133. The molecule has 26 heavy (non-hydrogen) atoms. The van der Waals surface area contributed by atoms with Gasteiger partial charge in [-0.15, -0.1) is 0 Å². The second-order valence-corrected chi connectivity index (χ2v) is 5.73. The Bertz CT molecular complexity index is 882. The summed E-state index contributed by atoms with van der Waals surface area (Å²) in [6.07, 6.45) is 1.51. The standard InChI is InChI=1S/C15H13BClF2N3O4/c1-6-2-8(16)14(20-4-6)21-13-7(3-9(17)11(18)12(13)19)15(25)22-26-5-10(23)24/h2-4H,5,16H2,1H3,(H,20,21)(H,22,25)(H,23,24). The van der Waals surface area contributed by atoms with Crippen LogP contribution in [0.2, 0.25) is 5.02 Å². The Labute approximate surface area is 152 Å². The van der Waals surface area contributed by atoms with E-state index < -0.39 is 40.8 Å². The summed E-state index contributed by atoms with van der Waals surface area (Å²) < 4.78 is 28.2. The Kier molecular flexibility index (Phi) is 6.12. The van der Waals surface area contributed by atoms with Gasteiger partial charge >= 0.3 is 5.97 Å². The number of aliphatic carboxylic acids is 1. The van der Waals surface area contributed by atoms with E-state index in [0.717, 1.165) is 11.6 Å². The SMILES string of the molecule is Bc1cc(C)cnc1Nc1c(C(=O)NOCC(=O)O)cc(Cl)c(F)c1F. The number of anilines is 2. The molecule has 2 aromatic rings. The van der Waals surface area contributed by atoms with Gasteiger partial charge in [-0.1, -0.05) is 17.7 Å². The molecule has 1 heterocycles. The number of carboxylic acids is 1. The molecule has 0 radical (unpaired) electrons. The molecule has 0 saturated heterocycles. The molecular formula is C15H13BClF2N3O4. The van der Waals surface area contributed by atoms with Crippen molar-refractivity contribution >= 4 is 48.3 Å². The lowest BCUT2D eigenvalue weighted by atomic mass is 9.95. The van der Waals surface area contributed by atoms with E-state index in [0.29, 0.717) is 5.46 Å². The molecular weight excluding hydrogens is 370 g/mol. The van der Waals surface area contributed by atoms with E-state index in [-0.39, 0.29) is 11.4 Å². The first-order valence-electron chi connectivity index (χ1n) is 7.22. The first kappa shape index (κ1) is 19.6. The zero-order chi connectivity index (χ0) is 19.4. The molecule has 1 amide bonds. The fourth-order valence-electron chi connectivity index (χ4n) is 2.08.